The second-order valence-corrected chi connectivity index (χ2v) is 9.11. The summed E-state index contributed by atoms with van der Waals surface area (Å²) in [7, 11) is -3.56. The lowest BCUT2D eigenvalue weighted by atomic mass is 10.1. The predicted molar refractivity (Wildman–Crippen MR) is 122 cm³/mol. The lowest BCUT2D eigenvalue weighted by Gasteiger charge is -2.13. The SMILES string of the molecule is C#CCNS(=O)(=O)c1ccc(CCNCc2cc(Cl)ccc2OCCCCC)cc1. The first-order valence-corrected chi connectivity index (χ1v) is 12.0. The highest BCUT2D eigenvalue weighted by Crippen LogP contribution is 2.23. The van der Waals surface area contributed by atoms with E-state index in [0.717, 1.165) is 49.1 Å². The lowest BCUT2D eigenvalue weighted by Crippen LogP contribution is -2.23. The van der Waals surface area contributed by atoms with E-state index in [4.69, 9.17) is 22.8 Å². The highest BCUT2D eigenvalue weighted by molar-refractivity contribution is 7.89. The number of hydrogen-bond acceptors (Lipinski definition) is 4. The summed E-state index contributed by atoms with van der Waals surface area (Å²) >= 11 is 6.14. The van der Waals surface area contributed by atoms with E-state index in [-0.39, 0.29) is 11.4 Å². The summed E-state index contributed by atoms with van der Waals surface area (Å²) in [4.78, 5) is 0.207. The molecule has 30 heavy (non-hydrogen) atoms. The largest absolute Gasteiger partial charge is 0.493 e. The smallest absolute Gasteiger partial charge is 0.241 e. The van der Waals surface area contributed by atoms with Crippen LogP contribution in [-0.2, 0) is 23.0 Å². The van der Waals surface area contributed by atoms with Gasteiger partial charge in [-0.2, -0.15) is 4.72 Å². The Morgan fingerprint density at radius 3 is 2.60 bits per heavy atom. The van der Waals surface area contributed by atoms with Crippen LogP contribution in [0, 0.1) is 12.3 Å². The van der Waals surface area contributed by atoms with Gasteiger partial charge < -0.3 is 10.1 Å². The molecule has 162 valence electrons. The van der Waals surface area contributed by atoms with Crippen LogP contribution >= 0.6 is 11.6 Å². The van der Waals surface area contributed by atoms with E-state index in [9.17, 15) is 8.42 Å². The Bertz CT molecular complexity index is 938. The van der Waals surface area contributed by atoms with Crippen molar-refractivity contribution in [3.8, 4) is 18.1 Å². The Hall–Kier alpha value is -2.04. The van der Waals surface area contributed by atoms with Crippen LogP contribution in [0.5, 0.6) is 5.75 Å². The quantitative estimate of drug-likeness (QED) is 0.357. The van der Waals surface area contributed by atoms with Crippen LogP contribution in [0.4, 0.5) is 0 Å². The molecule has 0 aliphatic heterocycles. The lowest BCUT2D eigenvalue weighted by molar-refractivity contribution is 0.302. The monoisotopic (exact) mass is 448 g/mol. The highest BCUT2D eigenvalue weighted by Gasteiger charge is 2.12. The van der Waals surface area contributed by atoms with Crippen molar-refractivity contribution in [3.05, 3.63) is 58.6 Å². The number of hydrogen-bond donors (Lipinski definition) is 2. The van der Waals surface area contributed by atoms with Crippen molar-refractivity contribution >= 4 is 21.6 Å². The number of ether oxygens (including phenoxy) is 1. The van der Waals surface area contributed by atoms with E-state index in [1.807, 2.05) is 30.3 Å². The molecular formula is C23H29ClN2O3S. The maximum Gasteiger partial charge on any atom is 0.241 e. The van der Waals surface area contributed by atoms with E-state index < -0.39 is 10.0 Å². The number of terminal acetylenes is 1. The van der Waals surface area contributed by atoms with E-state index >= 15 is 0 Å². The number of rotatable bonds is 13. The number of unbranched alkanes of at least 4 members (excludes halogenated alkanes) is 2. The average molecular weight is 449 g/mol. The number of sulfonamides is 1. The predicted octanol–water partition coefficient (Wildman–Crippen LogP) is 4.15. The molecule has 7 heteroatoms. The van der Waals surface area contributed by atoms with Gasteiger partial charge in [0.2, 0.25) is 10.0 Å². The molecule has 0 saturated carbocycles. The van der Waals surface area contributed by atoms with Crippen LogP contribution in [0.15, 0.2) is 47.4 Å². The molecule has 5 nitrogen and oxygen atoms in total. The van der Waals surface area contributed by atoms with Gasteiger partial charge in [-0.05, 0) is 55.3 Å². The molecule has 2 rings (SSSR count). The first kappa shape index (κ1) is 24.2. The van der Waals surface area contributed by atoms with Crippen LogP contribution in [0.1, 0.15) is 37.3 Å². The maximum absolute atomic E-state index is 12.0. The van der Waals surface area contributed by atoms with Gasteiger partial charge in [-0.3, -0.25) is 0 Å². The van der Waals surface area contributed by atoms with E-state index in [1.54, 1.807) is 12.1 Å². The van der Waals surface area contributed by atoms with Gasteiger partial charge in [0.05, 0.1) is 18.0 Å². The molecule has 0 fully saturated rings. The van der Waals surface area contributed by atoms with Gasteiger partial charge in [0, 0.05) is 17.1 Å². The van der Waals surface area contributed by atoms with Crippen LogP contribution in [0.3, 0.4) is 0 Å². The molecule has 2 N–H and O–H groups in total. The summed E-state index contributed by atoms with van der Waals surface area (Å²) in [5.74, 6) is 3.12. The van der Waals surface area contributed by atoms with E-state index in [2.05, 4.69) is 22.9 Å². The molecule has 0 aliphatic rings. The van der Waals surface area contributed by atoms with Crippen LogP contribution in [0.25, 0.3) is 0 Å². The Kier molecular flexibility index (Phi) is 10.2. The summed E-state index contributed by atoms with van der Waals surface area (Å²) in [6, 6.07) is 12.5. The summed E-state index contributed by atoms with van der Waals surface area (Å²) in [5, 5.41) is 4.08. The van der Waals surface area contributed by atoms with Gasteiger partial charge in [-0.15, -0.1) is 6.42 Å². The number of benzene rings is 2. The van der Waals surface area contributed by atoms with Crippen LogP contribution in [0.2, 0.25) is 5.02 Å². The third kappa shape index (κ3) is 8.00. The second-order valence-electron chi connectivity index (χ2n) is 6.91. The summed E-state index contributed by atoms with van der Waals surface area (Å²) in [6.45, 7) is 4.23. The van der Waals surface area contributed by atoms with Crippen molar-refractivity contribution in [1.29, 1.82) is 0 Å². The minimum Gasteiger partial charge on any atom is -0.493 e. The molecule has 0 heterocycles. The topological polar surface area (TPSA) is 67.4 Å². The average Bonchev–Trinajstić information content (AvgIpc) is 2.74. The van der Waals surface area contributed by atoms with Gasteiger partial charge in [0.1, 0.15) is 5.75 Å². The first-order valence-electron chi connectivity index (χ1n) is 10.1. The molecule has 0 bridgehead atoms. The second kappa shape index (κ2) is 12.6. The fourth-order valence-electron chi connectivity index (χ4n) is 2.87. The third-order valence-corrected chi connectivity index (χ3v) is 6.18. The fourth-order valence-corrected chi connectivity index (χ4v) is 4.00. The molecule has 2 aromatic rings. The van der Waals surface area contributed by atoms with Gasteiger partial charge >= 0.3 is 0 Å². The minimum atomic E-state index is -3.56. The highest BCUT2D eigenvalue weighted by atomic mass is 35.5. The Morgan fingerprint density at radius 1 is 1.13 bits per heavy atom. The normalized spacial score (nSPS) is 11.2. The molecule has 0 aromatic heterocycles. The first-order chi connectivity index (χ1) is 14.5. The summed E-state index contributed by atoms with van der Waals surface area (Å²) in [5.41, 5.74) is 2.07. The molecule has 2 aromatic carbocycles. The van der Waals surface area contributed by atoms with Crippen molar-refractivity contribution in [3.63, 3.8) is 0 Å². The van der Waals surface area contributed by atoms with Crippen molar-refractivity contribution < 1.29 is 13.2 Å². The molecule has 0 radical (unpaired) electrons. The zero-order chi connectivity index (χ0) is 21.8. The molecule has 0 unspecified atom stereocenters. The van der Waals surface area contributed by atoms with Gasteiger partial charge in [0.15, 0.2) is 0 Å². The molecule has 0 saturated heterocycles. The minimum absolute atomic E-state index is 0.0260. The van der Waals surface area contributed by atoms with Crippen LogP contribution in [-0.4, -0.2) is 28.1 Å². The van der Waals surface area contributed by atoms with E-state index in [1.165, 1.54) is 0 Å². The van der Waals surface area contributed by atoms with Gasteiger partial charge in [0.25, 0.3) is 0 Å². The maximum atomic E-state index is 12.0. The van der Waals surface area contributed by atoms with Gasteiger partial charge in [-0.25, -0.2) is 8.42 Å². The molecule has 0 aliphatic carbocycles. The van der Waals surface area contributed by atoms with Crippen molar-refractivity contribution in [1.82, 2.24) is 10.0 Å². The molecule has 0 amide bonds. The Morgan fingerprint density at radius 2 is 1.90 bits per heavy atom. The fraction of sp³-hybridized carbons (Fsp3) is 0.391. The standard InChI is InChI=1S/C23H29ClN2O3S/c1-3-5-6-16-29-23-12-9-21(24)17-20(23)18-25-15-13-19-7-10-22(11-8-19)30(27,28)26-14-4-2/h2,7-12,17,25-26H,3,5-6,13-16,18H2,1H3. The number of halogens is 1. The zero-order valence-electron chi connectivity index (χ0n) is 17.3. The van der Waals surface area contributed by atoms with Crippen molar-refractivity contribution in [2.45, 2.75) is 44.0 Å². The third-order valence-electron chi connectivity index (χ3n) is 4.53. The number of nitrogens with one attached hydrogen (secondary N) is 2. The van der Waals surface area contributed by atoms with Crippen molar-refractivity contribution in [2.24, 2.45) is 0 Å². The van der Waals surface area contributed by atoms with Crippen molar-refractivity contribution in [2.75, 3.05) is 19.7 Å². The van der Waals surface area contributed by atoms with Crippen LogP contribution < -0.4 is 14.8 Å². The summed E-state index contributed by atoms with van der Waals surface area (Å²) < 4.78 is 32.4. The molecule has 0 atom stereocenters. The van der Waals surface area contributed by atoms with E-state index in [0.29, 0.717) is 18.2 Å². The van der Waals surface area contributed by atoms with Gasteiger partial charge in [-0.1, -0.05) is 49.4 Å². The summed E-state index contributed by atoms with van der Waals surface area (Å²) in [6.07, 6.45) is 9.22. The molecular weight excluding hydrogens is 420 g/mol. The Labute approximate surface area is 185 Å². The Balaban J connectivity index is 1.85. The zero-order valence-corrected chi connectivity index (χ0v) is 18.9. The molecule has 0 spiro atoms.